The normalized spacial score (nSPS) is 15.3. The fourth-order valence-corrected chi connectivity index (χ4v) is 4.74. The molecule has 3 heterocycles. The third-order valence-electron chi connectivity index (χ3n) is 6.58. The summed E-state index contributed by atoms with van der Waals surface area (Å²) in [6.45, 7) is 6.62. The van der Waals surface area contributed by atoms with E-state index in [0.717, 1.165) is 5.69 Å². The molecule has 198 valence electrons. The largest absolute Gasteiger partial charge is 0.490 e. The highest BCUT2D eigenvalue weighted by atomic mass is 35.5. The number of nitrogens with zero attached hydrogens (tertiary/aromatic N) is 5. The van der Waals surface area contributed by atoms with Gasteiger partial charge in [-0.3, -0.25) is 14.3 Å². The summed E-state index contributed by atoms with van der Waals surface area (Å²) in [5, 5.41) is 11.8. The van der Waals surface area contributed by atoms with Gasteiger partial charge < -0.3 is 19.4 Å². The molecular formula is C27H29ClN6O4. The fraction of sp³-hybridized carbons (Fsp3) is 0.333. The maximum absolute atomic E-state index is 13.2. The zero-order chi connectivity index (χ0) is 27.0. The molecule has 2 aromatic carbocycles. The van der Waals surface area contributed by atoms with Gasteiger partial charge in [-0.25, -0.2) is 4.68 Å². The summed E-state index contributed by atoms with van der Waals surface area (Å²) in [5.41, 5.74) is 2.00. The van der Waals surface area contributed by atoms with Gasteiger partial charge >= 0.3 is 6.01 Å². The van der Waals surface area contributed by atoms with Gasteiger partial charge in [0, 0.05) is 25.2 Å². The van der Waals surface area contributed by atoms with E-state index in [-0.39, 0.29) is 35.1 Å². The van der Waals surface area contributed by atoms with Crippen LogP contribution in [-0.2, 0) is 11.8 Å². The van der Waals surface area contributed by atoms with E-state index >= 15 is 0 Å². The zero-order valence-electron chi connectivity index (χ0n) is 21.6. The first kappa shape index (κ1) is 25.6. The molecule has 5 rings (SSSR count). The first-order valence-corrected chi connectivity index (χ1v) is 12.8. The molecule has 1 unspecified atom stereocenters. The van der Waals surface area contributed by atoms with Crippen LogP contribution in [0, 0.1) is 12.8 Å². The number of carbonyl (C=O) groups is 1. The molecular weight excluding hydrogens is 508 g/mol. The number of amides is 1. The Kier molecular flexibility index (Phi) is 6.98. The fourth-order valence-electron chi connectivity index (χ4n) is 4.56. The standard InChI is InChI=1S/C27H29ClN6O4/c1-16(2)37-22-11-10-19(28)14-21(22)25-30-31-27(38-25)33-13-12-18(15-33)24(35)29-23-17(3)32(4)34(26(23)36)20-8-6-5-7-9-20/h5-11,14,16,18H,12-13,15H2,1-4H3,(H,29,35). The van der Waals surface area contributed by atoms with E-state index in [2.05, 4.69) is 15.5 Å². The first-order chi connectivity index (χ1) is 18.2. The van der Waals surface area contributed by atoms with Crippen LogP contribution >= 0.6 is 11.6 Å². The number of halogens is 1. The van der Waals surface area contributed by atoms with Crippen molar-refractivity contribution in [3.63, 3.8) is 0 Å². The second-order valence-electron chi connectivity index (χ2n) is 9.55. The molecule has 0 saturated carbocycles. The minimum Gasteiger partial charge on any atom is -0.490 e. The molecule has 1 atom stereocenters. The Balaban J connectivity index is 1.31. The summed E-state index contributed by atoms with van der Waals surface area (Å²) < 4.78 is 15.1. The number of hydrogen-bond donors (Lipinski definition) is 1. The maximum Gasteiger partial charge on any atom is 0.318 e. The van der Waals surface area contributed by atoms with Gasteiger partial charge in [-0.2, -0.15) is 0 Å². The van der Waals surface area contributed by atoms with Crippen LogP contribution in [0.1, 0.15) is 26.0 Å². The number of rotatable bonds is 7. The predicted molar refractivity (Wildman–Crippen MR) is 145 cm³/mol. The van der Waals surface area contributed by atoms with E-state index in [1.165, 1.54) is 0 Å². The van der Waals surface area contributed by atoms with Crippen molar-refractivity contribution in [2.45, 2.75) is 33.3 Å². The van der Waals surface area contributed by atoms with Crippen LogP contribution in [0.5, 0.6) is 5.75 Å². The number of hydrogen-bond acceptors (Lipinski definition) is 7. The Bertz CT molecular complexity index is 1520. The molecule has 38 heavy (non-hydrogen) atoms. The lowest BCUT2D eigenvalue weighted by atomic mass is 10.1. The van der Waals surface area contributed by atoms with Gasteiger partial charge in [0.05, 0.1) is 29.0 Å². The highest BCUT2D eigenvalue weighted by molar-refractivity contribution is 6.30. The zero-order valence-corrected chi connectivity index (χ0v) is 22.4. The minimum atomic E-state index is -0.347. The maximum atomic E-state index is 13.2. The average Bonchev–Trinajstić information content (AvgIpc) is 3.62. The molecule has 0 spiro atoms. The summed E-state index contributed by atoms with van der Waals surface area (Å²) >= 11 is 6.20. The van der Waals surface area contributed by atoms with Crippen LogP contribution in [0.4, 0.5) is 11.7 Å². The van der Waals surface area contributed by atoms with Crippen molar-refractivity contribution in [1.29, 1.82) is 0 Å². The molecule has 0 aliphatic carbocycles. The first-order valence-electron chi connectivity index (χ1n) is 12.4. The van der Waals surface area contributed by atoms with E-state index in [0.29, 0.717) is 47.6 Å². The number of aromatic nitrogens is 4. The van der Waals surface area contributed by atoms with Crippen LogP contribution in [0.25, 0.3) is 17.1 Å². The van der Waals surface area contributed by atoms with Gasteiger partial charge in [-0.1, -0.05) is 34.9 Å². The van der Waals surface area contributed by atoms with E-state index in [9.17, 15) is 9.59 Å². The third kappa shape index (κ3) is 4.91. The van der Waals surface area contributed by atoms with Crippen LogP contribution in [0.2, 0.25) is 5.02 Å². The lowest BCUT2D eigenvalue weighted by Gasteiger charge is -2.14. The van der Waals surface area contributed by atoms with Crippen molar-refractivity contribution in [2.75, 3.05) is 23.3 Å². The van der Waals surface area contributed by atoms with Gasteiger partial charge in [0.1, 0.15) is 11.4 Å². The lowest BCUT2D eigenvalue weighted by molar-refractivity contribution is -0.119. The van der Waals surface area contributed by atoms with Crippen molar-refractivity contribution >= 4 is 29.2 Å². The van der Waals surface area contributed by atoms with Crippen molar-refractivity contribution in [3.05, 3.63) is 69.6 Å². The molecule has 1 aliphatic heterocycles. The van der Waals surface area contributed by atoms with Gasteiger partial charge in [-0.15, -0.1) is 5.10 Å². The van der Waals surface area contributed by atoms with Crippen LogP contribution in [0.3, 0.4) is 0 Å². The van der Waals surface area contributed by atoms with Gasteiger partial charge in [0.2, 0.25) is 5.91 Å². The molecule has 1 amide bonds. The van der Waals surface area contributed by atoms with Gasteiger partial charge in [0.15, 0.2) is 0 Å². The predicted octanol–water partition coefficient (Wildman–Crippen LogP) is 4.44. The Morgan fingerprint density at radius 1 is 1.18 bits per heavy atom. The highest BCUT2D eigenvalue weighted by Gasteiger charge is 2.32. The molecule has 1 fully saturated rings. The van der Waals surface area contributed by atoms with Crippen LogP contribution in [-0.4, -0.2) is 44.7 Å². The van der Waals surface area contributed by atoms with Crippen LogP contribution < -0.4 is 20.5 Å². The molecule has 10 nitrogen and oxygen atoms in total. The SMILES string of the molecule is Cc1c(NC(=O)C2CCN(c3nnc(-c4cc(Cl)ccc4OC(C)C)o3)C2)c(=O)n(-c2ccccc2)n1C. The summed E-state index contributed by atoms with van der Waals surface area (Å²) in [6, 6.07) is 14.9. The summed E-state index contributed by atoms with van der Waals surface area (Å²) in [6.07, 6.45) is 0.543. The monoisotopic (exact) mass is 536 g/mol. The number of benzene rings is 2. The van der Waals surface area contributed by atoms with E-state index in [4.69, 9.17) is 20.8 Å². The number of ether oxygens (including phenoxy) is 1. The van der Waals surface area contributed by atoms with E-state index in [1.807, 2.05) is 56.0 Å². The molecule has 1 N–H and O–H groups in total. The minimum absolute atomic E-state index is 0.0415. The second kappa shape index (κ2) is 10.4. The molecule has 4 aromatic rings. The Morgan fingerprint density at radius 3 is 2.68 bits per heavy atom. The molecule has 11 heteroatoms. The Morgan fingerprint density at radius 2 is 1.95 bits per heavy atom. The molecule has 2 aromatic heterocycles. The lowest BCUT2D eigenvalue weighted by Crippen LogP contribution is -2.29. The number of nitrogens with one attached hydrogen (secondary N) is 1. The molecule has 1 saturated heterocycles. The quantitative estimate of drug-likeness (QED) is 0.372. The number of para-hydroxylation sites is 1. The number of carbonyl (C=O) groups excluding carboxylic acids is 1. The summed E-state index contributed by atoms with van der Waals surface area (Å²) in [5.74, 6) is 0.311. The van der Waals surface area contributed by atoms with E-state index < -0.39 is 0 Å². The summed E-state index contributed by atoms with van der Waals surface area (Å²) in [7, 11) is 1.79. The Labute approximate surface area is 224 Å². The Hall–Kier alpha value is -4.05. The molecule has 0 bridgehead atoms. The van der Waals surface area contributed by atoms with Crippen molar-refractivity contribution in [1.82, 2.24) is 19.6 Å². The topological polar surface area (TPSA) is 107 Å². The number of anilines is 2. The van der Waals surface area contributed by atoms with Crippen molar-refractivity contribution in [2.24, 2.45) is 13.0 Å². The van der Waals surface area contributed by atoms with Crippen molar-refractivity contribution < 1.29 is 13.9 Å². The van der Waals surface area contributed by atoms with Crippen LogP contribution in [0.15, 0.2) is 57.7 Å². The second-order valence-corrected chi connectivity index (χ2v) is 9.99. The average molecular weight is 537 g/mol. The third-order valence-corrected chi connectivity index (χ3v) is 6.82. The smallest absolute Gasteiger partial charge is 0.318 e. The van der Waals surface area contributed by atoms with Gasteiger partial charge in [-0.05, 0) is 57.5 Å². The molecule has 0 radical (unpaired) electrons. The van der Waals surface area contributed by atoms with Crippen molar-refractivity contribution in [3.8, 4) is 22.9 Å². The molecule has 1 aliphatic rings. The van der Waals surface area contributed by atoms with E-state index in [1.54, 1.807) is 34.6 Å². The highest BCUT2D eigenvalue weighted by Crippen LogP contribution is 2.34. The van der Waals surface area contributed by atoms with Gasteiger partial charge in [0.25, 0.3) is 11.4 Å². The summed E-state index contributed by atoms with van der Waals surface area (Å²) in [4.78, 5) is 28.2.